The van der Waals surface area contributed by atoms with Crippen molar-refractivity contribution in [3.63, 3.8) is 0 Å². The van der Waals surface area contributed by atoms with Crippen LogP contribution in [0.15, 0.2) is 36.7 Å². The summed E-state index contributed by atoms with van der Waals surface area (Å²) in [5, 5.41) is 36.4. The van der Waals surface area contributed by atoms with E-state index in [9.17, 15) is 20.1 Å². The average Bonchev–Trinajstić information content (AvgIpc) is 3.59. The minimum atomic E-state index is -1.27. The molecule has 34 heavy (non-hydrogen) atoms. The van der Waals surface area contributed by atoms with Gasteiger partial charge in [-0.05, 0) is 25.0 Å². The van der Waals surface area contributed by atoms with Gasteiger partial charge >= 0.3 is 0 Å². The van der Waals surface area contributed by atoms with E-state index in [2.05, 4.69) is 25.6 Å². The molecule has 1 aliphatic heterocycles. The number of imidazole rings is 1. The van der Waals surface area contributed by atoms with Crippen molar-refractivity contribution in [2.24, 2.45) is 0 Å². The first-order chi connectivity index (χ1) is 16.5. The number of ether oxygens (including phenoxy) is 1. The smallest absolute Gasteiger partial charge is 0.251 e. The number of hydrogen-bond donors (Lipinski definition) is 5. The molecule has 0 radical (unpaired) electrons. The van der Waals surface area contributed by atoms with Crippen LogP contribution < -0.4 is 10.6 Å². The minimum Gasteiger partial charge on any atom is -0.394 e. The number of aliphatic hydroxyl groups excluding tert-OH is 3. The van der Waals surface area contributed by atoms with Gasteiger partial charge in [0.25, 0.3) is 5.91 Å². The number of aromatic nitrogens is 4. The lowest BCUT2D eigenvalue weighted by Gasteiger charge is -2.18. The fourth-order valence-electron chi connectivity index (χ4n) is 4.55. The summed E-state index contributed by atoms with van der Waals surface area (Å²) in [6.07, 6.45) is 1.42. The third-order valence-corrected chi connectivity index (χ3v) is 6.40. The van der Waals surface area contributed by atoms with E-state index in [-0.39, 0.29) is 18.5 Å². The van der Waals surface area contributed by atoms with Gasteiger partial charge in [-0.1, -0.05) is 31.0 Å². The van der Waals surface area contributed by atoms with Crippen molar-refractivity contribution in [2.75, 3.05) is 11.9 Å². The molecule has 1 aliphatic carbocycles. The summed E-state index contributed by atoms with van der Waals surface area (Å²) in [6.45, 7) is -0.342. The van der Waals surface area contributed by atoms with Gasteiger partial charge in [0.05, 0.1) is 19.5 Å². The van der Waals surface area contributed by atoms with Gasteiger partial charge in [-0.3, -0.25) is 9.36 Å². The van der Waals surface area contributed by atoms with Crippen molar-refractivity contribution in [1.82, 2.24) is 24.8 Å². The van der Waals surface area contributed by atoms with E-state index in [1.54, 1.807) is 24.3 Å². The van der Waals surface area contributed by atoms with Gasteiger partial charge in [-0.25, -0.2) is 15.0 Å². The zero-order valence-corrected chi connectivity index (χ0v) is 18.5. The fourth-order valence-corrected chi connectivity index (χ4v) is 4.55. The number of rotatable bonds is 7. The Morgan fingerprint density at radius 2 is 1.88 bits per heavy atom. The third kappa shape index (κ3) is 4.34. The predicted octanol–water partition coefficient (Wildman–Crippen LogP) is 0.722. The molecule has 1 saturated heterocycles. The standard InChI is InChI=1S/C23H28N6O5/c30-11-15-18(31)19(32)23(34-15)29-12-25-17-20(26-14-8-4-5-9-14)27-16(28-21(17)29)10-24-22(33)13-6-2-1-3-7-13/h1-3,6-7,12,14-15,18-19,23,30-32H,4-5,8-11H2,(H,24,33)(H,26,27,28). The maximum Gasteiger partial charge on any atom is 0.251 e. The Morgan fingerprint density at radius 3 is 2.59 bits per heavy atom. The normalized spacial score (nSPS) is 25.1. The van der Waals surface area contributed by atoms with Gasteiger partial charge in [0.2, 0.25) is 0 Å². The summed E-state index contributed by atoms with van der Waals surface area (Å²) in [5.74, 6) is 0.670. The third-order valence-electron chi connectivity index (χ3n) is 6.40. The molecule has 2 fully saturated rings. The number of hydrogen-bond acceptors (Lipinski definition) is 9. The number of nitrogens with zero attached hydrogens (tertiary/aromatic N) is 4. The number of aliphatic hydroxyl groups is 3. The van der Waals surface area contributed by atoms with E-state index < -0.39 is 31.1 Å². The maximum absolute atomic E-state index is 12.5. The SMILES string of the molecule is O=C(NCc1nc(NC2CCCC2)c2ncn(C3OC(CO)C(O)C3O)c2n1)c1ccccc1. The van der Waals surface area contributed by atoms with Crippen LogP contribution in [0.2, 0.25) is 0 Å². The average molecular weight is 469 g/mol. The number of anilines is 1. The molecule has 5 rings (SSSR count). The zero-order valence-electron chi connectivity index (χ0n) is 18.5. The van der Waals surface area contributed by atoms with E-state index in [0.29, 0.717) is 28.4 Å². The van der Waals surface area contributed by atoms with Crippen LogP contribution in [0.25, 0.3) is 11.2 Å². The van der Waals surface area contributed by atoms with Gasteiger partial charge in [0.1, 0.15) is 18.3 Å². The zero-order chi connectivity index (χ0) is 23.7. The second kappa shape index (κ2) is 9.63. The number of benzene rings is 1. The molecule has 1 amide bonds. The van der Waals surface area contributed by atoms with Crippen molar-refractivity contribution < 1.29 is 24.9 Å². The molecule has 3 heterocycles. The molecule has 4 unspecified atom stereocenters. The van der Waals surface area contributed by atoms with Crippen molar-refractivity contribution >= 4 is 22.9 Å². The van der Waals surface area contributed by atoms with E-state index in [1.165, 1.54) is 10.9 Å². The topological polar surface area (TPSA) is 155 Å². The van der Waals surface area contributed by atoms with Crippen LogP contribution in [0.4, 0.5) is 5.82 Å². The first-order valence-electron chi connectivity index (χ1n) is 11.5. The molecule has 2 aliphatic rings. The first kappa shape index (κ1) is 22.7. The predicted molar refractivity (Wildman–Crippen MR) is 122 cm³/mol. The number of fused-ring (bicyclic) bond motifs is 1. The molecule has 3 aromatic rings. The number of carbonyl (C=O) groups is 1. The highest BCUT2D eigenvalue weighted by molar-refractivity contribution is 5.94. The maximum atomic E-state index is 12.5. The monoisotopic (exact) mass is 468 g/mol. The molecule has 2 aromatic heterocycles. The van der Waals surface area contributed by atoms with Crippen LogP contribution >= 0.6 is 0 Å². The van der Waals surface area contributed by atoms with E-state index in [4.69, 9.17) is 4.74 Å². The van der Waals surface area contributed by atoms with Crippen molar-refractivity contribution in [2.45, 2.75) is 62.8 Å². The Labute approximate surface area is 195 Å². The van der Waals surface area contributed by atoms with E-state index in [0.717, 1.165) is 25.7 Å². The molecular weight excluding hydrogens is 440 g/mol. The van der Waals surface area contributed by atoms with Gasteiger partial charge in [-0.2, -0.15) is 0 Å². The van der Waals surface area contributed by atoms with Crippen LogP contribution in [0.3, 0.4) is 0 Å². The van der Waals surface area contributed by atoms with Crippen LogP contribution in [0.1, 0.15) is 48.1 Å². The largest absolute Gasteiger partial charge is 0.394 e. The minimum absolute atomic E-state index is 0.0875. The highest BCUT2D eigenvalue weighted by Gasteiger charge is 2.44. The van der Waals surface area contributed by atoms with Crippen LogP contribution in [0, 0.1) is 0 Å². The van der Waals surface area contributed by atoms with Crippen LogP contribution in [0.5, 0.6) is 0 Å². The molecule has 1 aromatic carbocycles. The molecule has 1 saturated carbocycles. The summed E-state index contributed by atoms with van der Waals surface area (Å²) >= 11 is 0. The van der Waals surface area contributed by atoms with Crippen LogP contribution in [-0.4, -0.2) is 71.7 Å². The van der Waals surface area contributed by atoms with Gasteiger partial charge in [0.15, 0.2) is 29.0 Å². The Balaban J connectivity index is 1.46. The lowest BCUT2D eigenvalue weighted by Crippen LogP contribution is -2.33. The summed E-state index contributed by atoms with van der Waals surface area (Å²) in [5.41, 5.74) is 1.43. The highest BCUT2D eigenvalue weighted by atomic mass is 16.6. The molecule has 4 atom stereocenters. The van der Waals surface area contributed by atoms with Gasteiger partial charge in [-0.15, -0.1) is 0 Å². The fraction of sp³-hybridized carbons (Fsp3) is 0.478. The lowest BCUT2D eigenvalue weighted by molar-refractivity contribution is -0.0511. The Hall–Kier alpha value is -3.12. The molecular formula is C23H28N6O5. The quantitative estimate of drug-likeness (QED) is 0.337. The Bertz CT molecular complexity index is 1150. The van der Waals surface area contributed by atoms with E-state index >= 15 is 0 Å². The highest BCUT2D eigenvalue weighted by Crippen LogP contribution is 2.33. The van der Waals surface area contributed by atoms with E-state index in [1.807, 2.05) is 6.07 Å². The molecule has 11 heteroatoms. The Kier molecular flexibility index (Phi) is 6.42. The second-order valence-corrected chi connectivity index (χ2v) is 8.72. The number of amides is 1. The first-order valence-corrected chi connectivity index (χ1v) is 11.5. The summed E-state index contributed by atoms with van der Waals surface area (Å²) in [7, 11) is 0. The summed E-state index contributed by atoms with van der Waals surface area (Å²) < 4.78 is 7.21. The van der Waals surface area contributed by atoms with Crippen LogP contribution in [-0.2, 0) is 11.3 Å². The van der Waals surface area contributed by atoms with Crippen molar-refractivity contribution in [1.29, 1.82) is 0 Å². The van der Waals surface area contributed by atoms with Gasteiger partial charge < -0.3 is 30.7 Å². The number of nitrogens with one attached hydrogen (secondary N) is 2. The number of carbonyl (C=O) groups excluding carboxylic acids is 1. The molecule has 0 spiro atoms. The summed E-state index contributed by atoms with van der Waals surface area (Å²) in [4.78, 5) is 26.2. The molecule has 180 valence electrons. The second-order valence-electron chi connectivity index (χ2n) is 8.72. The van der Waals surface area contributed by atoms with Crippen molar-refractivity contribution in [3.05, 3.63) is 48.0 Å². The molecule has 0 bridgehead atoms. The molecule has 11 nitrogen and oxygen atoms in total. The van der Waals surface area contributed by atoms with Crippen molar-refractivity contribution in [3.8, 4) is 0 Å². The van der Waals surface area contributed by atoms with Gasteiger partial charge in [0, 0.05) is 11.6 Å². The summed E-state index contributed by atoms with van der Waals surface area (Å²) in [6, 6.07) is 9.14. The Morgan fingerprint density at radius 1 is 1.12 bits per heavy atom. The molecule has 5 N–H and O–H groups in total. The lowest BCUT2D eigenvalue weighted by atomic mass is 10.1.